The fourth-order valence-corrected chi connectivity index (χ4v) is 4.55. The molecule has 1 saturated heterocycles. The van der Waals surface area contributed by atoms with Crippen molar-refractivity contribution in [2.75, 3.05) is 7.11 Å². The number of aromatic nitrogens is 1. The third-order valence-corrected chi connectivity index (χ3v) is 6.50. The third kappa shape index (κ3) is 8.14. The number of nitrogens with zero attached hydrogens (tertiary/aromatic N) is 1. The number of carbonyl (C=O) groups excluding carboxylic acids is 4. The molecule has 0 bridgehead atoms. The van der Waals surface area contributed by atoms with Gasteiger partial charge < -0.3 is 34.9 Å². The van der Waals surface area contributed by atoms with Crippen LogP contribution in [0.4, 0.5) is 0 Å². The number of pyridine rings is 1. The van der Waals surface area contributed by atoms with Crippen LogP contribution >= 0.6 is 0 Å². The van der Waals surface area contributed by atoms with Gasteiger partial charge in [0.2, 0.25) is 5.91 Å². The van der Waals surface area contributed by atoms with E-state index in [0.717, 1.165) is 12.7 Å². The number of aliphatic hydroxyl groups excluding tert-OH is 1. The van der Waals surface area contributed by atoms with Crippen LogP contribution in [0.15, 0.2) is 48.5 Å². The van der Waals surface area contributed by atoms with Gasteiger partial charge in [0.15, 0.2) is 5.60 Å². The molecule has 2 amide bonds. The molecule has 4 N–H and O–H groups in total. The number of ether oxygens (including phenoxy) is 1. The molecule has 1 aliphatic rings. The van der Waals surface area contributed by atoms with Crippen molar-refractivity contribution >= 4 is 36.8 Å². The Labute approximate surface area is 243 Å². The maximum atomic E-state index is 13.4. The standard InChI is InChI=1S/C28H34BN3O10/c1-16(2)13-21(29-41-23(36)15-28(42-29,14-22(34)35)27(39)40-4)31-26(38)24(17(3)33)32-25(37)20-12-8-11-19(30-20)18-9-6-5-7-10-18/h5-12,16-17,21,24,33H,13-15H2,1-4H3,(H,31,38)(H,32,37)(H,34,35)/t17?,21?,24?,28-/m0/s1. The SMILES string of the molecule is COC(=O)[C@]1(CC(=O)O)CC(=O)OB(C(CC(C)C)NC(=O)C(NC(=O)c2cccc(-c3ccccc3)n2)C(C)O)O1. The van der Waals surface area contributed by atoms with Gasteiger partial charge in [-0.3, -0.25) is 19.2 Å². The summed E-state index contributed by atoms with van der Waals surface area (Å²) < 4.78 is 15.8. The van der Waals surface area contributed by atoms with Gasteiger partial charge in [0, 0.05) is 5.56 Å². The van der Waals surface area contributed by atoms with Gasteiger partial charge in [0.1, 0.15) is 11.7 Å². The summed E-state index contributed by atoms with van der Waals surface area (Å²) in [6.07, 6.45) is -2.78. The Bertz CT molecular complexity index is 1300. The summed E-state index contributed by atoms with van der Waals surface area (Å²) in [5, 5.41) is 24.9. The molecule has 2 heterocycles. The monoisotopic (exact) mass is 583 g/mol. The Morgan fingerprint density at radius 3 is 2.36 bits per heavy atom. The Morgan fingerprint density at radius 2 is 1.76 bits per heavy atom. The molecule has 0 spiro atoms. The Hall–Kier alpha value is -4.30. The van der Waals surface area contributed by atoms with E-state index in [1.807, 2.05) is 44.2 Å². The number of benzene rings is 1. The lowest BCUT2D eigenvalue weighted by Crippen LogP contribution is -2.63. The number of rotatable bonds is 12. The zero-order chi connectivity index (χ0) is 31.0. The third-order valence-electron chi connectivity index (χ3n) is 6.50. The molecule has 0 aliphatic carbocycles. The fourth-order valence-electron chi connectivity index (χ4n) is 4.55. The van der Waals surface area contributed by atoms with Crippen molar-refractivity contribution in [1.29, 1.82) is 0 Å². The summed E-state index contributed by atoms with van der Waals surface area (Å²) in [7, 11) is -0.539. The lowest BCUT2D eigenvalue weighted by atomic mass is 9.70. The van der Waals surface area contributed by atoms with E-state index in [1.54, 1.807) is 12.1 Å². The summed E-state index contributed by atoms with van der Waals surface area (Å²) in [6.45, 7) is 4.93. The minimum absolute atomic E-state index is 0.00890. The van der Waals surface area contributed by atoms with Gasteiger partial charge in [-0.2, -0.15) is 0 Å². The summed E-state index contributed by atoms with van der Waals surface area (Å²) in [4.78, 5) is 67.5. The predicted octanol–water partition coefficient (Wildman–Crippen LogP) is 1.14. The first-order chi connectivity index (χ1) is 19.8. The molecule has 224 valence electrons. The molecule has 1 fully saturated rings. The molecule has 42 heavy (non-hydrogen) atoms. The van der Waals surface area contributed by atoms with E-state index in [9.17, 15) is 34.2 Å². The minimum atomic E-state index is -2.17. The molecule has 4 atom stereocenters. The van der Waals surface area contributed by atoms with Crippen LogP contribution in [0.3, 0.4) is 0 Å². The van der Waals surface area contributed by atoms with E-state index in [4.69, 9.17) is 14.0 Å². The molecule has 3 rings (SSSR count). The number of amides is 2. The van der Waals surface area contributed by atoms with E-state index in [1.165, 1.54) is 13.0 Å². The first-order valence-corrected chi connectivity index (χ1v) is 13.3. The van der Waals surface area contributed by atoms with Gasteiger partial charge in [-0.05, 0) is 31.4 Å². The van der Waals surface area contributed by atoms with E-state index in [0.29, 0.717) is 5.69 Å². The van der Waals surface area contributed by atoms with Gasteiger partial charge >= 0.3 is 19.1 Å². The van der Waals surface area contributed by atoms with Crippen LogP contribution in [0.1, 0.15) is 50.5 Å². The number of nitrogens with one attached hydrogen (secondary N) is 2. The Balaban J connectivity index is 1.83. The maximum Gasteiger partial charge on any atom is 0.552 e. The van der Waals surface area contributed by atoms with E-state index >= 15 is 0 Å². The molecule has 1 aromatic heterocycles. The summed E-state index contributed by atoms with van der Waals surface area (Å²) in [6, 6.07) is 12.5. The largest absolute Gasteiger partial charge is 0.552 e. The van der Waals surface area contributed by atoms with Crippen molar-refractivity contribution in [3.8, 4) is 11.3 Å². The zero-order valence-electron chi connectivity index (χ0n) is 23.7. The van der Waals surface area contributed by atoms with Crippen molar-refractivity contribution in [2.24, 2.45) is 5.92 Å². The van der Waals surface area contributed by atoms with Crippen LogP contribution in [0.5, 0.6) is 0 Å². The van der Waals surface area contributed by atoms with Gasteiger partial charge in [-0.25, -0.2) is 9.78 Å². The van der Waals surface area contributed by atoms with Crippen LogP contribution in [-0.4, -0.2) is 82.8 Å². The number of carboxylic acid groups (broad SMARTS) is 1. The minimum Gasteiger partial charge on any atom is -0.508 e. The molecular formula is C28H34BN3O10. The molecule has 2 aromatic rings. The number of aliphatic hydroxyl groups is 1. The second-order valence-corrected chi connectivity index (χ2v) is 10.4. The zero-order valence-corrected chi connectivity index (χ0v) is 23.7. The highest BCUT2D eigenvalue weighted by Gasteiger charge is 2.55. The average molecular weight is 583 g/mol. The topological polar surface area (TPSA) is 190 Å². The van der Waals surface area contributed by atoms with Crippen molar-refractivity contribution in [1.82, 2.24) is 15.6 Å². The van der Waals surface area contributed by atoms with Crippen LogP contribution in [0.25, 0.3) is 11.3 Å². The Morgan fingerprint density at radius 1 is 1.07 bits per heavy atom. The molecule has 3 unspecified atom stereocenters. The van der Waals surface area contributed by atoms with Gasteiger partial charge in [-0.1, -0.05) is 50.2 Å². The lowest BCUT2D eigenvalue weighted by Gasteiger charge is -2.38. The van der Waals surface area contributed by atoms with E-state index < -0.39 is 73.4 Å². The molecule has 14 heteroatoms. The number of carbonyl (C=O) groups is 5. The lowest BCUT2D eigenvalue weighted by molar-refractivity contribution is -0.177. The highest BCUT2D eigenvalue weighted by Crippen LogP contribution is 2.31. The average Bonchev–Trinajstić information content (AvgIpc) is 2.94. The number of hydrogen-bond acceptors (Lipinski definition) is 10. The number of methoxy groups -OCH3 is 1. The Kier molecular flexibility index (Phi) is 10.8. The number of hydrogen-bond donors (Lipinski definition) is 4. The summed E-state index contributed by atoms with van der Waals surface area (Å²) >= 11 is 0. The van der Waals surface area contributed by atoms with Crippen molar-refractivity contribution in [3.63, 3.8) is 0 Å². The highest BCUT2D eigenvalue weighted by atomic mass is 16.7. The summed E-state index contributed by atoms with van der Waals surface area (Å²) in [5.41, 5.74) is -0.852. The summed E-state index contributed by atoms with van der Waals surface area (Å²) in [5.74, 6) is -6.17. The molecule has 0 saturated carbocycles. The van der Waals surface area contributed by atoms with E-state index in [-0.39, 0.29) is 18.0 Å². The first-order valence-electron chi connectivity index (χ1n) is 13.3. The van der Waals surface area contributed by atoms with Crippen LogP contribution in [0.2, 0.25) is 0 Å². The first kappa shape index (κ1) is 32.2. The quantitative estimate of drug-likeness (QED) is 0.207. The smallest absolute Gasteiger partial charge is 0.508 e. The molecular weight excluding hydrogens is 549 g/mol. The molecule has 1 aromatic carbocycles. The van der Waals surface area contributed by atoms with Crippen LogP contribution in [-0.2, 0) is 33.2 Å². The second kappa shape index (κ2) is 14.1. The number of carboxylic acids is 1. The van der Waals surface area contributed by atoms with Gasteiger partial charge in [0.05, 0.1) is 37.7 Å². The van der Waals surface area contributed by atoms with Crippen molar-refractivity contribution in [2.45, 2.75) is 63.7 Å². The normalized spacial score (nSPS) is 18.8. The molecule has 13 nitrogen and oxygen atoms in total. The number of esters is 1. The molecule has 0 radical (unpaired) electrons. The number of aliphatic carboxylic acids is 1. The van der Waals surface area contributed by atoms with Crippen LogP contribution < -0.4 is 10.6 Å². The van der Waals surface area contributed by atoms with Gasteiger partial charge in [-0.15, -0.1) is 0 Å². The second-order valence-electron chi connectivity index (χ2n) is 10.4. The highest BCUT2D eigenvalue weighted by molar-refractivity contribution is 6.50. The van der Waals surface area contributed by atoms with E-state index in [2.05, 4.69) is 15.6 Å². The maximum absolute atomic E-state index is 13.4. The molecule has 1 aliphatic heterocycles. The van der Waals surface area contributed by atoms with Gasteiger partial charge in [0.25, 0.3) is 11.9 Å². The van der Waals surface area contributed by atoms with Crippen molar-refractivity contribution in [3.05, 3.63) is 54.2 Å². The van der Waals surface area contributed by atoms with Crippen LogP contribution in [0, 0.1) is 5.92 Å². The fraction of sp³-hybridized carbons (Fsp3) is 0.429. The van der Waals surface area contributed by atoms with Crippen molar-refractivity contribution < 1.29 is 48.2 Å². The predicted molar refractivity (Wildman–Crippen MR) is 149 cm³/mol.